The summed E-state index contributed by atoms with van der Waals surface area (Å²) >= 11 is 1.69. The first-order valence-corrected chi connectivity index (χ1v) is 6.32. The fraction of sp³-hybridized carbons (Fsp3) is 0.333. The molecule has 0 aliphatic heterocycles. The number of alkyl halides is 3. The third-order valence-electron chi connectivity index (χ3n) is 1.98. The normalized spacial score (nSPS) is 12.2. The van der Waals surface area contributed by atoms with Crippen LogP contribution in [-0.4, -0.2) is 10.4 Å². The second-order valence-corrected chi connectivity index (χ2v) is 4.08. The van der Waals surface area contributed by atoms with Gasteiger partial charge >= 0.3 is 0 Å². The maximum absolute atomic E-state index is 12.8. The topological polar surface area (TPSA) is 0 Å². The van der Waals surface area contributed by atoms with Gasteiger partial charge in [-0.15, -0.1) is 0 Å². The summed E-state index contributed by atoms with van der Waals surface area (Å²) in [7, 11) is 0. The molecular formula is C12H13F2I. The van der Waals surface area contributed by atoms with Gasteiger partial charge in [-0.3, -0.25) is 0 Å². The van der Waals surface area contributed by atoms with E-state index in [2.05, 4.69) is 0 Å². The van der Waals surface area contributed by atoms with Crippen molar-refractivity contribution in [3.8, 4) is 0 Å². The average Bonchev–Trinajstić information content (AvgIpc) is 2.26. The molecule has 0 fully saturated rings. The van der Waals surface area contributed by atoms with Gasteiger partial charge in [0.15, 0.2) is 0 Å². The Balaban J connectivity index is 2.34. The molecule has 1 aromatic carbocycles. The molecule has 0 heterocycles. The number of rotatable bonds is 5. The van der Waals surface area contributed by atoms with Crippen LogP contribution in [-0.2, 0) is 6.42 Å². The monoisotopic (exact) mass is 322 g/mol. The summed E-state index contributed by atoms with van der Waals surface area (Å²) in [5.74, 6) is -2.66. The third-order valence-corrected chi connectivity index (χ3v) is 3.00. The van der Waals surface area contributed by atoms with E-state index in [1.54, 1.807) is 28.7 Å². The SMILES string of the molecule is FC(F)(/C=C/CCc1ccccc1)CI. The zero-order chi connectivity index (χ0) is 11.1. The minimum atomic E-state index is -2.66. The van der Waals surface area contributed by atoms with Crippen LogP contribution in [0.5, 0.6) is 0 Å². The number of allylic oxidation sites excluding steroid dienone is 2. The lowest BCUT2D eigenvalue weighted by Gasteiger charge is -2.05. The van der Waals surface area contributed by atoms with Crippen molar-refractivity contribution in [3.63, 3.8) is 0 Å². The maximum Gasteiger partial charge on any atom is 0.275 e. The van der Waals surface area contributed by atoms with E-state index in [0.717, 1.165) is 12.5 Å². The molecule has 0 spiro atoms. The van der Waals surface area contributed by atoms with Crippen molar-refractivity contribution >= 4 is 22.6 Å². The number of hydrogen-bond acceptors (Lipinski definition) is 0. The first kappa shape index (κ1) is 12.6. The van der Waals surface area contributed by atoms with Crippen molar-refractivity contribution in [2.24, 2.45) is 0 Å². The molecule has 0 nitrogen and oxygen atoms in total. The van der Waals surface area contributed by atoms with Crippen LogP contribution in [0.25, 0.3) is 0 Å². The molecular weight excluding hydrogens is 309 g/mol. The number of aryl methyl sites for hydroxylation is 1. The smallest absolute Gasteiger partial charge is 0.201 e. The number of benzene rings is 1. The van der Waals surface area contributed by atoms with Crippen LogP contribution in [0, 0.1) is 0 Å². The quantitative estimate of drug-likeness (QED) is 0.432. The lowest BCUT2D eigenvalue weighted by molar-refractivity contribution is 0.0861. The van der Waals surface area contributed by atoms with Crippen molar-refractivity contribution in [1.82, 2.24) is 0 Å². The van der Waals surface area contributed by atoms with Crippen LogP contribution in [0.2, 0.25) is 0 Å². The van der Waals surface area contributed by atoms with Crippen molar-refractivity contribution in [2.75, 3.05) is 4.43 Å². The minimum Gasteiger partial charge on any atom is -0.201 e. The van der Waals surface area contributed by atoms with Gasteiger partial charge in [-0.2, -0.15) is 0 Å². The van der Waals surface area contributed by atoms with E-state index in [9.17, 15) is 8.78 Å². The number of hydrogen-bond donors (Lipinski definition) is 0. The fourth-order valence-corrected chi connectivity index (χ4v) is 1.45. The molecule has 0 aliphatic rings. The van der Waals surface area contributed by atoms with Crippen molar-refractivity contribution in [2.45, 2.75) is 18.8 Å². The largest absolute Gasteiger partial charge is 0.275 e. The van der Waals surface area contributed by atoms with Gasteiger partial charge in [0.05, 0.1) is 4.43 Å². The average molecular weight is 322 g/mol. The molecule has 1 rings (SSSR count). The summed E-state index contributed by atoms with van der Waals surface area (Å²) in [6.45, 7) is 0. The van der Waals surface area contributed by atoms with Crippen LogP contribution in [0.15, 0.2) is 42.5 Å². The Morgan fingerprint density at radius 3 is 2.47 bits per heavy atom. The summed E-state index contributed by atoms with van der Waals surface area (Å²) < 4.78 is 25.4. The lowest BCUT2D eigenvalue weighted by Crippen LogP contribution is -2.12. The molecule has 0 radical (unpaired) electrons. The van der Waals surface area contributed by atoms with E-state index < -0.39 is 5.92 Å². The van der Waals surface area contributed by atoms with Crippen LogP contribution >= 0.6 is 22.6 Å². The van der Waals surface area contributed by atoms with Gasteiger partial charge in [0.1, 0.15) is 0 Å². The molecule has 15 heavy (non-hydrogen) atoms. The predicted molar refractivity (Wildman–Crippen MR) is 67.7 cm³/mol. The van der Waals surface area contributed by atoms with Gasteiger partial charge in [0, 0.05) is 0 Å². The molecule has 0 N–H and O–H groups in total. The third kappa shape index (κ3) is 5.25. The Morgan fingerprint density at radius 1 is 1.20 bits per heavy atom. The highest BCUT2D eigenvalue weighted by Gasteiger charge is 2.21. The Hall–Kier alpha value is -0.450. The standard InChI is InChI=1S/C12H13F2I/c13-12(14,10-15)9-5-4-8-11-6-2-1-3-7-11/h1-3,5-7,9H,4,8,10H2/b9-5+. The van der Waals surface area contributed by atoms with Crippen LogP contribution < -0.4 is 0 Å². The van der Waals surface area contributed by atoms with E-state index >= 15 is 0 Å². The first-order chi connectivity index (χ1) is 7.14. The molecule has 0 aromatic heterocycles. The lowest BCUT2D eigenvalue weighted by atomic mass is 10.1. The van der Waals surface area contributed by atoms with E-state index in [-0.39, 0.29) is 4.43 Å². The first-order valence-electron chi connectivity index (χ1n) is 4.79. The molecule has 0 saturated carbocycles. The Morgan fingerprint density at radius 2 is 1.87 bits per heavy atom. The Bertz CT molecular complexity index is 307. The van der Waals surface area contributed by atoms with E-state index in [4.69, 9.17) is 0 Å². The minimum absolute atomic E-state index is 0.160. The van der Waals surface area contributed by atoms with E-state index in [0.29, 0.717) is 6.42 Å². The molecule has 0 aliphatic carbocycles. The van der Waals surface area contributed by atoms with Gasteiger partial charge < -0.3 is 0 Å². The molecule has 0 saturated heterocycles. The molecule has 0 bridgehead atoms. The molecule has 0 atom stereocenters. The summed E-state index contributed by atoms with van der Waals surface area (Å²) in [6.07, 6.45) is 4.04. The zero-order valence-electron chi connectivity index (χ0n) is 8.30. The van der Waals surface area contributed by atoms with Crippen molar-refractivity contribution < 1.29 is 8.78 Å². The van der Waals surface area contributed by atoms with Crippen molar-refractivity contribution in [1.29, 1.82) is 0 Å². The molecule has 82 valence electrons. The molecule has 0 unspecified atom stereocenters. The van der Waals surface area contributed by atoms with E-state index in [1.807, 2.05) is 30.3 Å². The van der Waals surface area contributed by atoms with Gasteiger partial charge in [-0.1, -0.05) is 59.0 Å². The van der Waals surface area contributed by atoms with Gasteiger partial charge in [0.25, 0.3) is 5.92 Å². The zero-order valence-corrected chi connectivity index (χ0v) is 10.5. The second-order valence-electron chi connectivity index (χ2n) is 3.32. The maximum atomic E-state index is 12.8. The van der Waals surface area contributed by atoms with Crippen LogP contribution in [0.3, 0.4) is 0 Å². The highest BCUT2D eigenvalue weighted by atomic mass is 127. The Labute approximate surface area is 103 Å². The predicted octanol–water partition coefficient (Wildman–Crippen LogP) is 4.25. The van der Waals surface area contributed by atoms with Gasteiger partial charge in [-0.05, 0) is 24.5 Å². The number of halogens is 3. The van der Waals surface area contributed by atoms with Crippen LogP contribution in [0.1, 0.15) is 12.0 Å². The summed E-state index contributed by atoms with van der Waals surface area (Å²) in [4.78, 5) is 0. The molecule has 0 amide bonds. The highest BCUT2D eigenvalue weighted by Crippen LogP contribution is 2.18. The fourth-order valence-electron chi connectivity index (χ4n) is 1.19. The molecule has 1 aromatic rings. The van der Waals surface area contributed by atoms with Gasteiger partial charge in [-0.25, -0.2) is 8.78 Å². The van der Waals surface area contributed by atoms with Gasteiger partial charge in [0.2, 0.25) is 0 Å². The summed E-state index contributed by atoms with van der Waals surface area (Å²) in [5, 5.41) is 0. The van der Waals surface area contributed by atoms with E-state index in [1.165, 1.54) is 5.56 Å². The highest BCUT2D eigenvalue weighted by molar-refractivity contribution is 14.1. The second kappa shape index (κ2) is 6.20. The summed E-state index contributed by atoms with van der Waals surface area (Å²) in [6, 6.07) is 9.87. The Kier molecular flexibility index (Phi) is 5.22. The summed E-state index contributed by atoms with van der Waals surface area (Å²) in [5.41, 5.74) is 1.18. The van der Waals surface area contributed by atoms with Crippen molar-refractivity contribution in [3.05, 3.63) is 48.0 Å². The van der Waals surface area contributed by atoms with Crippen LogP contribution in [0.4, 0.5) is 8.78 Å². The molecule has 3 heteroatoms.